The molecule has 0 aliphatic rings. The SMILES string of the molecule is CCC(C)C(CC(C)(C)CC)C(=O)OC. The van der Waals surface area contributed by atoms with Crippen LogP contribution in [-0.4, -0.2) is 13.1 Å². The zero-order valence-electron chi connectivity index (χ0n) is 11.1. The molecule has 0 N–H and O–H groups in total. The first-order chi connectivity index (χ1) is 6.87. The Bertz CT molecular complexity index is 197. The summed E-state index contributed by atoms with van der Waals surface area (Å²) in [6, 6.07) is 0. The molecule has 0 saturated heterocycles. The molecule has 0 aromatic carbocycles. The van der Waals surface area contributed by atoms with Gasteiger partial charge < -0.3 is 4.74 Å². The van der Waals surface area contributed by atoms with Crippen molar-refractivity contribution in [1.29, 1.82) is 0 Å². The Morgan fingerprint density at radius 3 is 2.20 bits per heavy atom. The molecule has 90 valence electrons. The average molecular weight is 214 g/mol. The third kappa shape index (κ3) is 4.67. The lowest BCUT2D eigenvalue weighted by Gasteiger charge is -2.30. The number of esters is 1. The van der Waals surface area contributed by atoms with E-state index < -0.39 is 0 Å². The topological polar surface area (TPSA) is 26.3 Å². The molecule has 0 saturated carbocycles. The summed E-state index contributed by atoms with van der Waals surface area (Å²) < 4.78 is 4.89. The van der Waals surface area contributed by atoms with E-state index in [9.17, 15) is 4.79 Å². The second-order valence-corrected chi connectivity index (χ2v) is 5.24. The van der Waals surface area contributed by atoms with E-state index in [1.54, 1.807) is 0 Å². The predicted molar refractivity (Wildman–Crippen MR) is 63.7 cm³/mol. The second-order valence-electron chi connectivity index (χ2n) is 5.24. The van der Waals surface area contributed by atoms with Crippen molar-refractivity contribution in [1.82, 2.24) is 0 Å². The predicted octanol–water partition coefficient (Wildman–Crippen LogP) is 3.65. The van der Waals surface area contributed by atoms with Crippen molar-refractivity contribution in [3.8, 4) is 0 Å². The van der Waals surface area contributed by atoms with E-state index in [0.29, 0.717) is 5.92 Å². The van der Waals surface area contributed by atoms with Crippen LogP contribution >= 0.6 is 0 Å². The van der Waals surface area contributed by atoms with E-state index in [2.05, 4.69) is 34.6 Å². The van der Waals surface area contributed by atoms with Crippen LogP contribution in [0.2, 0.25) is 0 Å². The maximum Gasteiger partial charge on any atom is 0.308 e. The van der Waals surface area contributed by atoms with Gasteiger partial charge in [-0.05, 0) is 17.8 Å². The second kappa shape index (κ2) is 6.14. The van der Waals surface area contributed by atoms with Gasteiger partial charge in [0.25, 0.3) is 0 Å². The molecule has 2 unspecified atom stereocenters. The number of ether oxygens (including phenoxy) is 1. The molecule has 0 heterocycles. The maximum atomic E-state index is 11.7. The minimum absolute atomic E-state index is 0.0501. The van der Waals surface area contributed by atoms with Crippen LogP contribution < -0.4 is 0 Å². The van der Waals surface area contributed by atoms with Crippen molar-refractivity contribution < 1.29 is 9.53 Å². The lowest BCUT2D eigenvalue weighted by Crippen LogP contribution is -2.28. The lowest BCUT2D eigenvalue weighted by atomic mass is 9.76. The van der Waals surface area contributed by atoms with Gasteiger partial charge in [0, 0.05) is 0 Å². The summed E-state index contributed by atoms with van der Waals surface area (Å²) in [5.74, 6) is 0.407. The Morgan fingerprint density at radius 1 is 1.33 bits per heavy atom. The highest BCUT2D eigenvalue weighted by molar-refractivity contribution is 5.72. The average Bonchev–Trinajstić information content (AvgIpc) is 2.23. The molecule has 0 bridgehead atoms. The minimum atomic E-state index is -0.0501. The molecule has 15 heavy (non-hydrogen) atoms. The summed E-state index contributed by atoms with van der Waals surface area (Å²) in [6.45, 7) is 10.9. The maximum absolute atomic E-state index is 11.7. The summed E-state index contributed by atoms with van der Waals surface area (Å²) in [5, 5.41) is 0. The van der Waals surface area contributed by atoms with Gasteiger partial charge in [0.05, 0.1) is 13.0 Å². The monoisotopic (exact) mass is 214 g/mol. The fourth-order valence-corrected chi connectivity index (χ4v) is 1.69. The van der Waals surface area contributed by atoms with Crippen LogP contribution in [0.1, 0.15) is 53.9 Å². The largest absolute Gasteiger partial charge is 0.469 e. The van der Waals surface area contributed by atoms with Crippen molar-refractivity contribution >= 4 is 5.97 Å². The number of hydrogen-bond acceptors (Lipinski definition) is 2. The van der Waals surface area contributed by atoms with Gasteiger partial charge in [0.1, 0.15) is 0 Å². The molecule has 2 nitrogen and oxygen atoms in total. The molecule has 0 aromatic heterocycles. The normalized spacial score (nSPS) is 15.9. The van der Waals surface area contributed by atoms with E-state index in [1.807, 2.05) is 0 Å². The zero-order valence-corrected chi connectivity index (χ0v) is 11.1. The molecule has 0 aromatic rings. The zero-order chi connectivity index (χ0) is 12.1. The Kier molecular flexibility index (Phi) is 5.92. The number of rotatable bonds is 6. The first kappa shape index (κ1) is 14.5. The van der Waals surface area contributed by atoms with Crippen molar-refractivity contribution in [2.24, 2.45) is 17.3 Å². The number of methoxy groups -OCH3 is 1. The van der Waals surface area contributed by atoms with E-state index in [1.165, 1.54) is 7.11 Å². The van der Waals surface area contributed by atoms with E-state index >= 15 is 0 Å². The molecular formula is C13H26O2. The van der Waals surface area contributed by atoms with Crippen molar-refractivity contribution in [2.75, 3.05) is 7.11 Å². The van der Waals surface area contributed by atoms with Crippen LogP contribution in [0.4, 0.5) is 0 Å². The minimum Gasteiger partial charge on any atom is -0.469 e. The number of carbonyl (C=O) groups is 1. The highest BCUT2D eigenvalue weighted by Gasteiger charge is 2.30. The van der Waals surface area contributed by atoms with Crippen LogP contribution in [0.15, 0.2) is 0 Å². The molecule has 0 aliphatic carbocycles. The van der Waals surface area contributed by atoms with Gasteiger partial charge in [-0.2, -0.15) is 0 Å². The Hall–Kier alpha value is -0.530. The highest BCUT2D eigenvalue weighted by atomic mass is 16.5. The van der Waals surface area contributed by atoms with Gasteiger partial charge >= 0.3 is 5.97 Å². The third-order valence-corrected chi connectivity index (χ3v) is 3.56. The Labute approximate surface area is 94.4 Å². The number of hydrogen-bond donors (Lipinski definition) is 0. The third-order valence-electron chi connectivity index (χ3n) is 3.56. The summed E-state index contributed by atoms with van der Waals surface area (Å²) >= 11 is 0. The summed E-state index contributed by atoms with van der Waals surface area (Å²) in [6.07, 6.45) is 3.04. The van der Waals surface area contributed by atoms with Gasteiger partial charge in [-0.3, -0.25) is 4.79 Å². The first-order valence-electron chi connectivity index (χ1n) is 5.95. The van der Waals surface area contributed by atoms with Crippen LogP contribution in [0, 0.1) is 17.3 Å². The molecule has 2 atom stereocenters. The van der Waals surface area contributed by atoms with Gasteiger partial charge in [0.15, 0.2) is 0 Å². The van der Waals surface area contributed by atoms with Crippen LogP contribution in [-0.2, 0) is 9.53 Å². The molecule has 2 heteroatoms. The highest BCUT2D eigenvalue weighted by Crippen LogP contribution is 2.33. The lowest BCUT2D eigenvalue weighted by molar-refractivity contribution is -0.148. The smallest absolute Gasteiger partial charge is 0.308 e. The fraction of sp³-hybridized carbons (Fsp3) is 0.923. The molecule has 0 spiro atoms. The summed E-state index contributed by atoms with van der Waals surface area (Å²) in [7, 11) is 1.48. The van der Waals surface area contributed by atoms with Crippen molar-refractivity contribution in [3.05, 3.63) is 0 Å². The molecule has 0 rings (SSSR count). The molecular weight excluding hydrogens is 188 g/mol. The Morgan fingerprint density at radius 2 is 1.87 bits per heavy atom. The first-order valence-corrected chi connectivity index (χ1v) is 5.95. The molecule has 0 radical (unpaired) electrons. The van der Waals surface area contributed by atoms with Crippen LogP contribution in [0.5, 0.6) is 0 Å². The van der Waals surface area contributed by atoms with E-state index in [0.717, 1.165) is 19.3 Å². The van der Waals surface area contributed by atoms with Crippen LogP contribution in [0.3, 0.4) is 0 Å². The van der Waals surface area contributed by atoms with Gasteiger partial charge in [-0.1, -0.05) is 47.5 Å². The molecule has 0 fully saturated rings. The van der Waals surface area contributed by atoms with E-state index in [4.69, 9.17) is 4.74 Å². The van der Waals surface area contributed by atoms with Gasteiger partial charge in [-0.25, -0.2) is 0 Å². The van der Waals surface area contributed by atoms with Gasteiger partial charge in [-0.15, -0.1) is 0 Å². The number of carbonyl (C=O) groups excluding carboxylic acids is 1. The summed E-state index contributed by atoms with van der Waals surface area (Å²) in [4.78, 5) is 11.7. The van der Waals surface area contributed by atoms with Crippen molar-refractivity contribution in [2.45, 2.75) is 53.9 Å². The standard InChI is InChI=1S/C13H26O2/c1-7-10(3)11(12(14)15-6)9-13(4,5)8-2/h10-11H,7-9H2,1-6H3. The van der Waals surface area contributed by atoms with Gasteiger partial charge in [0.2, 0.25) is 0 Å². The molecule has 0 amide bonds. The summed E-state index contributed by atoms with van der Waals surface area (Å²) in [5.41, 5.74) is 0.224. The molecule has 0 aliphatic heterocycles. The fourth-order valence-electron chi connectivity index (χ4n) is 1.69. The van der Waals surface area contributed by atoms with Crippen molar-refractivity contribution in [3.63, 3.8) is 0 Å². The quantitative estimate of drug-likeness (QED) is 0.631. The Balaban J connectivity index is 4.58. The van der Waals surface area contributed by atoms with E-state index in [-0.39, 0.29) is 17.3 Å². The van der Waals surface area contributed by atoms with Crippen LogP contribution in [0.25, 0.3) is 0 Å².